The predicted molar refractivity (Wildman–Crippen MR) is 55.8 cm³/mol. The molecule has 4 nitrogen and oxygen atoms in total. The van der Waals surface area contributed by atoms with Crippen LogP contribution in [0.3, 0.4) is 0 Å². The highest BCUT2D eigenvalue weighted by Gasteiger charge is 2.06. The van der Waals surface area contributed by atoms with Crippen LogP contribution < -0.4 is 5.73 Å². The summed E-state index contributed by atoms with van der Waals surface area (Å²) in [7, 11) is 0. The Labute approximate surface area is 85.1 Å². The Morgan fingerprint density at radius 1 is 1.57 bits per heavy atom. The maximum atomic E-state index is 5.87. The summed E-state index contributed by atoms with van der Waals surface area (Å²) in [6.07, 6.45) is 5.50. The summed E-state index contributed by atoms with van der Waals surface area (Å²) in [6, 6.07) is 0.192. The van der Waals surface area contributed by atoms with Crippen molar-refractivity contribution < 1.29 is 4.74 Å². The highest BCUT2D eigenvalue weighted by Crippen LogP contribution is 2.03. The van der Waals surface area contributed by atoms with Gasteiger partial charge in [-0.25, -0.2) is 4.98 Å². The predicted octanol–water partition coefficient (Wildman–Crippen LogP) is 1.16. The van der Waals surface area contributed by atoms with Crippen LogP contribution in [-0.2, 0) is 17.9 Å². The second-order valence-corrected chi connectivity index (χ2v) is 3.31. The van der Waals surface area contributed by atoms with E-state index in [0.717, 1.165) is 25.3 Å². The third-order valence-electron chi connectivity index (χ3n) is 2.21. The summed E-state index contributed by atoms with van der Waals surface area (Å²) < 4.78 is 7.31. The molecule has 0 spiro atoms. The van der Waals surface area contributed by atoms with Crippen LogP contribution in [0.15, 0.2) is 12.4 Å². The maximum absolute atomic E-state index is 5.87. The van der Waals surface area contributed by atoms with Gasteiger partial charge in [-0.3, -0.25) is 0 Å². The largest absolute Gasteiger partial charge is 0.361 e. The number of aromatic nitrogens is 2. The van der Waals surface area contributed by atoms with Crippen LogP contribution in [0.25, 0.3) is 0 Å². The van der Waals surface area contributed by atoms with E-state index in [4.69, 9.17) is 10.5 Å². The summed E-state index contributed by atoms with van der Waals surface area (Å²) in [5.41, 5.74) is 5.87. The lowest BCUT2D eigenvalue weighted by atomic mass is 10.1. The normalized spacial score (nSPS) is 13.1. The van der Waals surface area contributed by atoms with E-state index in [2.05, 4.69) is 11.9 Å². The van der Waals surface area contributed by atoms with Crippen LogP contribution in [0.4, 0.5) is 0 Å². The van der Waals surface area contributed by atoms with Gasteiger partial charge in [0.05, 0.1) is 0 Å². The molecule has 0 amide bonds. The summed E-state index contributed by atoms with van der Waals surface area (Å²) in [6.45, 7) is 5.36. The van der Waals surface area contributed by atoms with Crippen molar-refractivity contribution in [1.29, 1.82) is 0 Å². The first-order chi connectivity index (χ1) is 6.77. The second kappa shape index (κ2) is 5.78. The molecule has 0 aliphatic carbocycles. The average Bonchev–Trinajstić information content (AvgIpc) is 2.62. The molecular weight excluding hydrogens is 178 g/mol. The zero-order valence-corrected chi connectivity index (χ0v) is 8.94. The number of nitrogens with zero attached hydrogens (tertiary/aromatic N) is 2. The molecule has 0 fully saturated rings. The van der Waals surface area contributed by atoms with E-state index in [-0.39, 0.29) is 6.04 Å². The maximum Gasteiger partial charge on any atom is 0.123 e. The van der Waals surface area contributed by atoms with E-state index in [0.29, 0.717) is 6.73 Å². The first-order valence-electron chi connectivity index (χ1n) is 5.11. The molecule has 0 bridgehead atoms. The van der Waals surface area contributed by atoms with Crippen molar-refractivity contribution in [2.24, 2.45) is 5.73 Å². The van der Waals surface area contributed by atoms with Gasteiger partial charge in [-0.1, -0.05) is 6.92 Å². The molecule has 0 radical (unpaired) electrons. The Morgan fingerprint density at radius 3 is 3.00 bits per heavy atom. The van der Waals surface area contributed by atoms with Crippen molar-refractivity contribution in [3.05, 3.63) is 18.2 Å². The molecule has 0 saturated heterocycles. The number of imidazole rings is 1. The molecule has 80 valence electrons. The molecule has 0 aliphatic rings. The van der Waals surface area contributed by atoms with E-state index in [1.54, 1.807) is 6.20 Å². The number of hydrogen-bond donors (Lipinski definition) is 1. The van der Waals surface area contributed by atoms with Crippen molar-refractivity contribution in [3.63, 3.8) is 0 Å². The smallest absolute Gasteiger partial charge is 0.123 e. The minimum atomic E-state index is 0.192. The first-order valence-corrected chi connectivity index (χ1v) is 5.11. The summed E-state index contributed by atoms with van der Waals surface area (Å²) in [5, 5.41) is 0. The number of hydrogen-bond acceptors (Lipinski definition) is 3. The van der Waals surface area contributed by atoms with Gasteiger partial charge in [0.1, 0.15) is 12.6 Å². The average molecular weight is 197 g/mol. The number of rotatable bonds is 6. The lowest BCUT2D eigenvalue weighted by molar-refractivity contribution is 0.0855. The molecule has 0 aliphatic heterocycles. The van der Waals surface area contributed by atoms with Gasteiger partial charge in [-0.2, -0.15) is 0 Å². The summed E-state index contributed by atoms with van der Waals surface area (Å²) in [5.74, 6) is 1.01. The summed E-state index contributed by atoms with van der Waals surface area (Å²) in [4.78, 5) is 4.26. The van der Waals surface area contributed by atoms with Crippen molar-refractivity contribution in [2.45, 2.75) is 39.5 Å². The van der Waals surface area contributed by atoms with Crippen molar-refractivity contribution in [3.8, 4) is 0 Å². The van der Waals surface area contributed by atoms with E-state index < -0.39 is 0 Å². The fraction of sp³-hybridized carbons (Fsp3) is 0.700. The molecule has 0 saturated carbocycles. The third-order valence-corrected chi connectivity index (χ3v) is 2.21. The monoisotopic (exact) mass is 197 g/mol. The van der Waals surface area contributed by atoms with Gasteiger partial charge in [0, 0.05) is 31.5 Å². The molecule has 4 heteroatoms. The fourth-order valence-electron chi connectivity index (χ4n) is 1.22. The molecule has 1 aromatic rings. The zero-order valence-electron chi connectivity index (χ0n) is 8.94. The van der Waals surface area contributed by atoms with E-state index >= 15 is 0 Å². The van der Waals surface area contributed by atoms with Gasteiger partial charge in [0.2, 0.25) is 0 Å². The SMILES string of the molecule is CCOCn1ccnc1CC(N)CC. The fourth-order valence-corrected chi connectivity index (χ4v) is 1.22. The Balaban J connectivity index is 2.53. The van der Waals surface area contributed by atoms with Crippen LogP contribution in [-0.4, -0.2) is 22.2 Å². The van der Waals surface area contributed by atoms with Crippen LogP contribution in [0.2, 0.25) is 0 Å². The molecule has 1 atom stereocenters. The second-order valence-electron chi connectivity index (χ2n) is 3.31. The van der Waals surface area contributed by atoms with E-state index in [1.807, 2.05) is 17.7 Å². The molecule has 1 aromatic heterocycles. The van der Waals surface area contributed by atoms with Crippen LogP contribution in [0.5, 0.6) is 0 Å². The molecule has 0 aromatic carbocycles. The number of nitrogens with two attached hydrogens (primary N) is 1. The molecule has 1 heterocycles. The molecular formula is C10H19N3O. The third kappa shape index (κ3) is 3.12. The molecule has 2 N–H and O–H groups in total. The highest BCUT2D eigenvalue weighted by molar-refractivity contribution is 4.94. The molecule has 14 heavy (non-hydrogen) atoms. The van der Waals surface area contributed by atoms with Crippen molar-refractivity contribution >= 4 is 0 Å². The molecule has 1 rings (SSSR count). The van der Waals surface area contributed by atoms with Crippen LogP contribution >= 0.6 is 0 Å². The highest BCUT2D eigenvalue weighted by atomic mass is 16.5. The Hall–Kier alpha value is -0.870. The standard InChI is InChI=1S/C10H19N3O/c1-3-9(11)7-10-12-5-6-13(10)8-14-4-2/h5-6,9H,3-4,7-8,11H2,1-2H3. The lowest BCUT2D eigenvalue weighted by Gasteiger charge is -2.10. The summed E-state index contributed by atoms with van der Waals surface area (Å²) >= 11 is 0. The Morgan fingerprint density at radius 2 is 2.36 bits per heavy atom. The number of ether oxygens (including phenoxy) is 1. The Bertz CT molecular complexity index is 260. The minimum absolute atomic E-state index is 0.192. The van der Waals surface area contributed by atoms with Crippen LogP contribution in [0.1, 0.15) is 26.1 Å². The lowest BCUT2D eigenvalue weighted by Crippen LogP contribution is -2.23. The van der Waals surface area contributed by atoms with Gasteiger partial charge >= 0.3 is 0 Å². The minimum Gasteiger partial charge on any atom is -0.361 e. The van der Waals surface area contributed by atoms with Crippen molar-refractivity contribution in [1.82, 2.24) is 9.55 Å². The van der Waals surface area contributed by atoms with Crippen LogP contribution in [0, 0.1) is 0 Å². The van der Waals surface area contributed by atoms with E-state index in [1.165, 1.54) is 0 Å². The molecule has 1 unspecified atom stereocenters. The van der Waals surface area contributed by atoms with Gasteiger partial charge < -0.3 is 15.0 Å². The quantitative estimate of drug-likeness (QED) is 0.744. The van der Waals surface area contributed by atoms with Gasteiger partial charge in [-0.15, -0.1) is 0 Å². The first kappa shape index (κ1) is 11.2. The Kier molecular flexibility index (Phi) is 4.62. The van der Waals surface area contributed by atoms with E-state index in [9.17, 15) is 0 Å². The zero-order chi connectivity index (χ0) is 10.4. The van der Waals surface area contributed by atoms with Gasteiger partial charge in [-0.05, 0) is 13.3 Å². The topological polar surface area (TPSA) is 53.1 Å². The van der Waals surface area contributed by atoms with Crippen molar-refractivity contribution in [2.75, 3.05) is 6.61 Å². The van der Waals surface area contributed by atoms with Gasteiger partial charge in [0.15, 0.2) is 0 Å². The van der Waals surface area contributed by atoms with Gasteiger partial charge in [0.25, 0.3) is 0 Å².